The van der Waals surface area contributed by atoms with Gasteiger partial charge in [-0.05, 0) is 42.0 Å². The number of aryl methyl sites for hydroxylation is 1. The molecule has 3 heteroatoms. The van der Waals surface area contributed by atoms with E-state index in [-0.39, 0.29) is 0 Å². The number of hydrogen-bond acceptors (Lipinski definition) is 2. The largest absolute Gasteiger partial charge is 0.456 e. The van der Waals surface area contributed by atoms with Crippen molar-refractivity contribution in [1.29, 1.82) is 0 Å². The average molecular weight is 399 g/mol. The van der Waals surface area contributed by atoms with Gasteiger partial charge in [0.25, 0.3) is 0 Å². The molecule has 0 amide bonds. The minimum Gasteiger partial charge on any atom is -0.456 e. The molecule has 1 heterocycles. The van der Waals surface area contributed by atoms with E-state index in [1.54, 1.807) is 0 Å². The van der Waals surface area contributed by atoms with Crippen LogP contribution in [0.1, 0.15) is 61.8 Å². The second kappa shape index (κ2) is 7.98. The number of nitrogens with one attached hydrogen (secondary N) is 1. The van der Waals surface area contributed by atoms with Crippen LogP contribution in [0.4, 0.5) is 5.69 Å². The number of fused-ring (bicyclic) bond motifs is 3. The minimum absolute atomic E-state index is 0.296. The van der Waals surface area contributed by atoms with Gasteiger partial charge in [-0.25, -0.2) is 0 Å². The lowest BCUT2D eigenvalue weighted by Crippen LogP contribution is -2.18. The van der Waals surface area contributed by atoms with Crippen molar-refractivity contribution in [3.05, 3.63) is 76.9 Å². The first-order valence-corrected chi connectivity index (χ1v) is 10.7. The maximum absolute atomic E-state index is 6.39. The molecule has 0 aliphatic rings. The Labute approximate surface area is 178 Å². The van der Waals surface area contributed by atoms with Crippen LogP contribution in [0.3, 0.4) is 0 Å². The Hall–Kier alpha value is -3.07. The van der Waals surface area contributed by atoms with Crippen molar-refractivity contribution >= 4 is 33.5 Å². The zero-order valence-electron chi connectivity index (χ0n) is 18.7. The van der Waals surface area contributed by atoms with E-state index >= 15 is 0 Å². The second-order valence-electron chi connectivity index (χ2n) is 8.55. The number of nitrogens with zero attached hydrogens (tertiary/aromatic N) is 1. The van der Waals surface area contributed by atoms with Crippen LogP contribution in [-0.4, -0.2) is 12.9 Å². The van der Waals surface area contributed by atoms with Crippen molar-refractivity contribution in [3.63, 3.8) is 0 Å². The van der Waals surface area contributed by atoms with Crippen LogP contribution in [0.2, 0.25) is 0 Å². The quantitative estimate of drug-likeness (QED) is 0.283. The van der Waals surface area contributed by atoms with Gasteiger partial charge in [0.2, 0.25) is 0 Å². The highest BCUT2D eigenvalue weighted by Crippen LogP contribution is 2.42. The van der Waals surface area contributed by atoms with E-state index in [1.165, 1.54) is 27.5 Å². The molecule has 30 heavy (non-hydrogen) atoms. The number of amidine groups is 1. The first-order valence-electron chi connectivity index (χ1n) is 10.7. The highest BCUT2D eigenvalue weighted by atomic mass is 16.3. The summed E-state index contributed by atoms with van der Waals surface area (Å²) in [4.78, 5) is 4.61. The lowest BCUT2D eigenvalue weighted by Gasteiger charge is -2.23. The number of rotatable bonds is 4. The molecule has 0 fully saturated rings. The van der Waals surface area contributed by atoms with E-state index in [9.17, 15) is 0 Å². The van der Waals surface area contributed by atoms with E-state index in [0.29, 0.717) is 11.8 Å². The fourth-order valence-electron chi connectivity index (χ4n) is 4.25. The average Bonchev–Trinajstić information content (AvgIpc) is 3.09. The molecule has 1 N–H and O–H groups in total. The smallest absolute Gasteiger partial charge is 0.140 e. The maximum atomic E-state index is 6.39. The third-order valence-electron chi connectivity index (χ3n) is 5.80. The summed E-state index contributed by atoms with van der Waals surface area (Å²) in [5, 5.41) is 6.07. The molecule has 3 nitrogen and oxygen atoms in total. The van der Waals surface area contributed by atoms with E-state index in [2.05, 4.69) is 87.4 Å². The van der Waals surface area contributed by atoms with E-state index in [4.69, 9.17) is 4.42 Å². The van der Waals surface area contributed by atoms with E-state index in [1.807, 2.05) is 19.2 Å². The Morgan fingerprint density at radius 2 is 1.60 bits per heavy atom. The number of hydrogen-bond donors (Lipinski definition) is 1. The van der Waals surface area contributed by atoms with Gasteiger partial charge >= 0.3 is 0 Å². The van der Waals surface area contributed by atoms with Gasteiger partial charge in [-0.2, -0.15) is 0 Å². The molecule has 0 spiro atoms. The minimum atomic E-state index is 0.296. The summed E-state index contributed by atoms with van der Waals surface area (Å²) >= 11 is 0. The summed E-state index contributed by atoms with van der Waals surface area (Å²) in [6.45, 7) is 11.1. The Balaban J connectivity index is 2.00. The van der Waals surface area contributed by atoms with Gasteiger partial charge < -0.3 is 9.73 Å². The maximum Gasteiger partial charge on any atom is 0.140 e. The summed E-state index contributed by atoms with van der Waals surface area (Å²) in [6.07, 6.45) is 0. The highest BCUT2D eigenvalue weighted by molar-refractivity contribution is 6.13. The van der Waals surface area contributed by atoms with Crippen LogP contribution in [0.5, 0.6) is 0 Å². The fraction of sp³-hybridized carbons (Fsp3) is 0.296. The van der Waals surface area contributed by atoms with Gasteiger partial charge in [0.05, 0.1) is 5.69 Å². The number of aliphatic imine (C=N–C) groups is 1. The van der Waals surface area contributed by atoms with Gasteiger partial charge in [-0.1, -0.05) is 70.2 Å². The monoisotopic (exact) mass is 398 g/mol. The Kier molecular flexibility index (Phi) is 5.38. The third kappa shape index (κ3) is 3.39. The predicted octanol–water partition coefficient (Wildman–Crippen LogP) is 7.63. The van der Waals surface area contributed by atoms with Crippen LogP contribution in [0.25, 0.3) is 21.9 Å². The summed E-state index contributed by atoms with van der Waals surface area (Å²) in [5.41, 5.74) is 7.84. The van der Waals surface area contributed by atoms with Gasteiger partial charge in [0.1, 0.15) is 17.0 Å². The van der Waals surface area contributed by atoms with E-state index in [0.717, 1.165) is 28.3 Å². The zero-order chi connectivity index (χ0) is 21.4. The summed E-state index contributed by atoms with van der Waals surface area (Å²) in [6, 6.07) is 19.0. The molecule has 0 saturated heterocycles. The fourth-order valence-corrected chi connectivity index (χ4v) is 4.25. The van der Waals surface area contributed by atoms with Gasteiger partial charge in [0, 0.05) is 28.9 Å². The number of furan rings is 1. The van der Waals surface area contributed by atoms with Crippen molar-refractivity contribution in [2.45, 2.75) is 46.5 Å². The molecule has 0 atom stereocenters. The number of benzene rings is 3. The van der Waals surface area contributed by atoms with Crippen LogP contribution < -0.4 is 5.32 Å². The molecule has 0 aliphatic heterocycles. The summed E-state index contributed by atoms with van der Waals surface area (Å²) < 4.78 is 6.39. The Morgan fingerprint density at radius 1 is 0.900 bits per heavy atom. The Bertz CT molecular complexity index is 1240. The highest BCUT2D eigenvalue weighted by Gasteiger charge is 2.23. The topological polar surface area (TPSA) is 37.5 Å². The van der Waals surface area contributed by atoms with Crippen LogP contribution in [-0.2, 0) is 0 Å². The molecular formula is C27H30N2O. The normalized spacial score (nSPS) is 12.5. The van der Waals surface area contributed by atoms with Crippen molar-refractivity contribution in [3.8, 4) is 0 Å². The lowest BCUT2D eigenvalue weighted by molar-refractivity contribution is 0.657. The van der Waals surface area contributed by atoms with Gasteiger partial charge in [-0.3, -0.25) is 4.99 Å². The number of para-hydroxylation sites is 1. The molecule has 4 aromatic rings. The standard InChI is InChI=1S/C27H30N2O/c1-16(2)21-15-22-20-13-9-10-14-23(20)30-26(22)24(17(3)4)25(21)29-27(28-6)19-12-8-7-11-18(19)5/h7-17H,1-6H3,(H,28,29). The van der Waals surface area contributed by atoms with E-state index < -0.39 is 0 Å². The first kappa shape index (κ1) is 20.2. The molecule has 0 unspecified atom stereocenters. The van der Waals surface area contributed by atoms with Crippen LogP contribution >= 0.6 is 0 Å². The molecule has 3 aromatic carbocycles. The Morgan fingerprint density at radius 3 is 2.27 bits per heavy atom. The van der Waals surface area contributed by atoms with Crippen LogP contribution in [0, 0.1) is 6.92 Å². The van der Waals surface area contributed by atoms with Crippen molar-refractivity contribution in [2.75, 3.05) is 12.4 Å². The number of anilines is 1. The van der Waals surface area contributed by atoms with Gasteiger partial charge in [-0.15, -0.1) is 0 Å². The van der Waals surface area contributed by atoms with Crippen molar-refractivity contribution < 1.29 is 4.42 Å². The first-order chi connectivity index (χ1) is 14.4. The predicted molar refractivity (Wildman–Crippen MR) is 129 cm³/mol. The molecule has 0 bridgehead atoms. The molecule has 0 aliphatic carbocycles. The molecule has 154 valence electrons. The zero-order valence-corrected chi connectivity index (χ0v) is 18.7. The van der Waals surface area contributed by atoms with Crippen molar-refractivity contribution in [1.82, 2.24) is 0 Å². The third-order valence-corrected chi connectivity index (χ3v) is 5.80. The van der Waals surface area contributed by atoms with Gasteiger partial charge in [0.15, 0.2) is 0 Å². The molecule has 1 aromatic heterocycles. The van der Waals surface area contributed by atoms with Crippen LogP contribution in [0.15, 0.2) is 64.0 Å². The summed E-state index contributed by atoms with van der Waals surface area (Å²) in [5.74, 6) is 1.54. The molecule has 0 radical (unpaired) electrons. The summed E-state index contributed by atoms with van der Waals surface area (Å²) in [7, 11) is 1.85. The second-order valence-corrected chi connectivity index (χ2v) is 8.55. The van der Waals surface area contributed by atoms with Crippen molar-refractivity contribution in [2.24, 2.45) is 4.99 Å². The SMILES string of the molecule is CN=C(Nc1c(C(C)C)cc2c(oc3ccccc32)c1C(C)C)c1ccccc1C. The molecule has 0 saturated carbocycles. The molecular weight excluding hydrogens is 368 g/mol. The molecule has 4 rings (SSSR count). The lowest BCUT2D eigenvalue weighted by atomic mass is 9.89.